The van der Waals surface area contributed by atoms with Crippen LogP contribution in [0.4, 0.5) is 5.69 Å². The number of carbonyl (C=O) groups excluding carboxylic acids is 1. The summed E-state index contributed by atoms with van der Waals surface area (Å²) in [7, 11) is 3.21. The molecule has 0 bridgehead atoms. The molecule has 0 spiro atoms. The number of benzene rings is 2. The fourth-order valence-electron chi connectivity index (χ4n) is 2.53. The lowest BCUT2D eigenvalue weighted by Gasteiger charge is -2.14. The summed E-state index contributed by atoms with van der Waals surface area (Å²) in [5.74, 6) is 1.32. The highest BCUT2D eigenvalue weighted by Gasteiger charge is 2.16. The van der Waals surface area contributed by atoms with Crippen LogP contribution in [-0.4, -0.2) is 25.4 Å². The number of ether oxygens (including phenoxy) is 2. The molecule has 0 radical (unpaired) electrons. The molecule has 2 aromatic carbocycles. The van der Waals surface area contributed by atoms with E-state index in [9.17, 15) is 4.79 Å². The Hall–Kier alpha value is -2.14. The number of thioether (sulfide) groups is 1. The molecule has 0 saturated heterocycles. The Bertz CT molecular complexity index is 716. The summed E-state index contributed by atoms with van der Waals surface area (Å²) >= 11 is 1.49. The Morgan fingerprint density at radius 3 is 2.38 bits per heavy atom. The van der Waals surface area contributed by atoms with Crippen molar-refractivity contribution in [3.05, 3.63) is 48.0 Å². The number of unbranched alkanes of at least 4 members (excludes halogenated alkanes) is 1. The second kappa shape index (κ2) is 10.1. The molecule has 0 saturated carbocycles. The van der Waals surface area contributed by atoms with E-state index >= 15 is 0 Å². The molecule has 0 aromatic heterocycles. The summed E-state index contributed by atoms with van der Waals surface area (Å²) < 4.78 is 10.6. The number of methoxy groups -OCH3 is 2. The third-order valence-electron chi connectivity index (χ3n) is 4.08. The van der Waals surface area contributed by atoms with E-state index in [0.717, 1.165) is 17.0 Å². The van der Waals surface area contributed by atoms with E-state index in [2.05, 4.69) is 24.4 Å². The van der Waals surface area contributed by atoms with Crippen LogP contribution in [0, 0.1) is 0 Å². The van der Waals surface area contributed by atoms with Gasteiger partial charge in [-0.25, -0.2) is 0 Å². The summed E-state index contributed by atoms with van der Waals surface area (Å²) in [6.07, 6.45) is 3.45. The Morgan fingerprint density at radius 2 is 1.77 bits per heavy atom. The first-order valence-corrected chi connectivity index (χ1v) is 9.73. The summed E-state index contributed by atoms with van der Waals surface area (Å²) in [4.78, 5) is 13.4. The summed E-state index contributed by atoms with van der Waals surface area (Å²) in [5, 5.41) is 2.75. The molecule has 0 aliphatic heterocycles. The van der Waals surface area contributed by atoms with Crippen LogP contribution in [0.5, 0.6) is 11.5 Å². The average molecular weight is 374 g/mol. The van der Waals surface area contributed by atoms with Crippen LogP contribution in [0.3, 0.4) is 0 Å². The van der Waals surface area contributed by atoms with Crippen molar-refractivity contribution in [2.45, 2.75) is 43.3 Å². The Balaban J connectivity index is 1.95. The summed E-state index contributed by atoms with van der Waals surface area (Å²) in [6.45, 7) is 4.08. The topological polar surface area (TPSA) is 47.6 Å². The zero-order valence-corrected chi connectivity index (χ0v) is 16.7. The normalized spacial score (nSPS) is 11.7. The molecule has 2 rings (SSSR count). The molecule has 0 unspecified atom stereocenters. The summed E-state index contributed by atoms with van der Waals surface area (Å²) in [5.41, 5.74) is 2.13. The van der Waals surface area contributed by atoms with Gasteiger partial charge in [0.2, 0.25) is 5.91 Å². The molecule has 0 aliphatic carbocycles. The Labute approximate surface area is 160 Å². The number of amides is 1. The van der Waals surface area contributed by atoms with E-state index in [4.69, 9.17) is 9.47 Å². The van der Waals surface area contributed by atoms with Gasteiger partial charge in [0.05, 0.1) is 19.5 Å². The Morgan fingerprint density at radius 1 is 1.08 bits per heavy atom. The van der Waals surface area contributed by atoms with Crippen molar-refractivity contribution in [2.75, 3.05) is 19.5 Å². The minimum absolute atomic E-state index is 0.0221. The second-order valence-electron chi connectivity index (χ2n) is 6.07. The molecule has 0 aliphatic rings. The van der Waals surface area contributed by atoms with Crippen molar-refractivity contribution < 1.29 is 14.3 Å². The van der Waals surface area contributed by atoms with Gasteiger partial charge in [0.15, 0.2) is 11.5 Å². The first-order chi connectivity index (χ1) is 12.6. The lowest BCUT2D eigenvalue weighted by molar-refractivity contribution is -0.115. The van der Waals surface area contributed by atoms with E-state index in [0.29, 0.717) is 11.5 Å². The quantitative estimate of drug-likeness (QED) is 0.616. The summed E-state index contributed by atoms with van der Waals surface area (Å²) in [6, 6.07) is 13.8. The highest BCUT2D eigenvalue weighted by molar-refractivity contribution is 8.00. The number of aryl methyl sites for hydroxylation is 1. The predicted molar refractivity (Wildman–Crippen MR) is 109 cm³/mol. The first kappa shape index (κ1) is 20.2. The number of anilines is 1. The minimum atomic E-state index is -0.229. The number of hydrogen-bond donors (Lipinski definition) is 1. The lowest BCUT2D eigenvalue weighted by atomic mass is 10.1. The van der Waals surface area contributed by atoms with Gasteiger partial charge in [0.1, 0.15) is 0 Å². The monoisotopic (exact) mass is 373 g/mol. The van der Waals surface area contributed by atoms with Gasteiger partial charge < -0.3 is 14.8 Å². The predicted octanol–water partition coefficient (Wildman–Crippen LogP) is 5.17. The number of nitrogens with one attached hydrogen (secondary N) is 1. The van der Waals surface area contributed by atoms with Gasteiger partial charge in [-0.1, -0.05) is 25.5 Å². The molecular weight excluding hydrogens is 346 g/mol. The van der Waals surface area contributed by atoms with Gasteiger partial charge >= 0.3 is 0 Å². The molecule has 4 nitrogen and oxygen atoms in total. The van der Waals surface area contributed by atoms with Crippen molar-refractivity contribution in [1.29, 1.82) is 0 Å². The van der Waals surface area contributed by atoms with Crippen molar-refractivity contribution in [2.24, 2.45) is 0 Å². The number of hydrogen-bond acceptors (Lipinski definition) is 4. The van der Waals surface area contributed by atoms with Gasteiger partial charge in [0.25, 0.3) is 0 Å². The number of rotatable bonds is 9. The zero-order chi connectivity index (χ0) is 18.9. The first-order valence-electron chi connectivity index (χ1n) is 8.85. The van der Waals surface area contributed by atoms with Crippen molar-refractivity contribution in [3.8, 4) is 11.5 Å². The fraction of sp³-hybridized carbons (Fsp3) is 0.381. The SMILES string of the molecule is CCCCc1ccc(NC(=O)[C@H](C)Sc2ccc(OC)c(OC)c2)cc1. The maximum absolute atomic E-state index is 12.5. The number of carbonyl (C=O) groups is 1. The van der Waals surface area contributed by atoms with Crippen molar-refractivity contribution in [1.82, 2.24) is 0 Å². The van der Waals surface area contributed by atoms with E-state index in [-0.39, 0.29) is 11.2 Å². The van der Waals surface area contributed by atoms with Crippen LogP contribution in [0.1, 0.15) is 32.3 Å². The van der Waals surface area contributed by atoms with Crippen molar-refractivity contribution in [3.63, 3.8) is 0 Å². The molecule has 2 aromatic rings. The zero-order valence-electron chi connectivity index (χ0n) is 15.9. The van der Waals surface area contributed by atoms with Gasteiger partial charge in [-0.3, -0.25) is 4.79 Å². The fourth-order valence-corrected chi connectivity index (χ4v) is 3.42. The van der Waals surface area contributed by atoms with Crippen LogP contribution >= 0.6 is 11.8 Å². The lowest BCUT2D eigenvalue weighted by Crippen LogP contribution is -2.22. The molecule has 140 valence electrons. The molecule has 26 heavy (non-hydrogen) atoms. The van der Waals surface area contributed by atoms with Crippen LogP contribution in [0.2, 0.25) is 0 Å². The van der Waals surface area contributed by atoms with Gasteiger partial charge in [-0.2, -0.15) is 0 Å². The maximum atomic E-state index is 12.5. The molecule has 5 heteroatoms. The van der Waals surface area contributed by atoms with E-state index in [1.54, 1.807) is 14.2 Å². The minimum Gasteiger partial charge on any atom is -0.493 e. The average Bonchev–Trinajstić information content (AvgIpc) is 2.67. The highest BCUT2D eigenvalue weighted by atomic mass is 32.2. The van der Waals surface area contributed by atoms with E-state index in [1.165, 1.54) is 30.2 Å². The third kappa shape index (κ3) is 5.70. The van der Waals surface area contributed by atoms with Crippen LogP contribution in [0.25, 0.3) is 0 Å². The van der Waals surface area contributed by atoms with Gasteiger partial charge in [-0.05, 0) is 55.7 Å². The molecule has 1 N–H and O–H groups in total. The Kier molecular flexibility index (Phi) is 7.85. The van der Waals surface area contributed by atoms with Gasteiger partial charge in [0, 0.05) is 10.6 Å². The molecule has 0 heterocycles. The largest absolute Gasteiger partial charge is 0.493 e. The standard InChI is InChI=1S/C21H27NO3S/c1-5-6-7-16-8-10-17(11-9-16)22-21(23)15(2)26-18-12-13-19(24-3)20(14-18)25-4/h8-15H,5-7H2,1-4H3,(H,22,23)/t15-/m0/s1. The van der Waals surface area contributed by atoms with Crippen LogP contribution in [-0.2, 0) is 11.2 Å². The smallest absolute Gasteiger partial charge is 0.237 e. The van der Waals surface area contributed by atoms with Crippen LogP contribution in [0.15, 0.2) is 47.4 Å². The van der Waals surface area contributed by atoms with E-state index in [1.807, 2.05) is 37.3 Å². The maximum Gasteiger partial charge on any atom is 0.237 e. The van der Waals surface area contributed by atoms with Gasteiger partial charge in [-0.15, -0.1) is 11.8 Å². The van der Waals surface area contributed by atoms with E-state index < -0.39 is 0 Å². The molecular formula is C21H27NO3S. The third-order valence-corrected chi connectivity index (χ3v) is 5.17. The molecule has 1 amide bonds. The van der Waals surface area contributed by atoms with Crippen molar-refractivity contribution >= 4 is 23.4 Å². The van der Waals surface area contributed by atoms with Crippen LogP contribution < -0.4 is 14.8 Å². The second-order valence-corrected chi connectivity index (χ2v) is 7.48. The molecule has 1 atom stereocenters. The molecule has 0 fully saturated rings. The highest BCUT2D eigenvalue weighted by Crippen LogP contribution is 2.33.